The van der Waals surface area contributed by atoms with Crippen molar-refractivity contribution in [3.8, 4) is 0 Å². The predicted molar refractivity (Wildman–Crippen MR) is 122 cm³/mol. The molecule has 3 aliphatic carbocycles. The highest BCUT2D eigenvalue weighted by atomic mass is 16.7. The number of hydrogen-bond acceptors (Lipinski definition) is 9. The van der Waals surface area contributed by atoms with Gasteiger partial charge in [0.1, 0.15) is 12.2 Å². The van der Waals surface area contributed by atoms with Crippen LogP contribution in [0.3, 0.4) is 0 Å². The number of hydrogen-bond donors (Lipinski definition) is 2. The summed E-state index contributed by atoms with van der Waals surface area (Å²) in [4.78, 5) is 39.2. The monoisotopic (exact) mass is 502 g/mol. The smallest absolute Gasteiger partial charge is 0.306 e. The maximum Gasteiger partial charge on any atom is 0.306 e. The summed E-state index contributed by atoms with van der Waals surface area (Å²) in [6, 6.07) is 1.78. The van der Waals surface area contributed by atoms with Gasteiger partial charge in [0.25, 0.3) is 0 Å². The first-order chi connectivity index (χ1) is 16.9. The molecule has 3 aliphatic heterocycles. The van der Waals surface area contributed by atoms with Gasteiger partial charge < -0.3 is 28.8 Å². The molecule has 3 saturated heterocycles. The Morgan fingerprint density at radius 3 is 2.61 bits per heavy atom. The highest BCUT2D eigenvalue weighted by Crippen LogP contribution is 2.78. The highest BCUT2D eigenvalue weighted by Gasteiger charge is 2.83. The fourth-order valence-corrected chi connectivity index (χ4v) is 9.46. The predicted octanol–water partition coefficient (Wildman–Crippen LogP) is 2.69. The van der Waals surface area contributed by atoms with Crippen molar-refractivity contribution in [2.45, 2.75) is 82.9 Å². The number of carbonyl (C=O) groups excluding carboxylic acids is 3. The Hall–Kier alpha value is -2.23. The molecule has 0 aromatic carbocycles. The zero-order valence-electron chi connectivity index (χ0n) is 21.1. The van der Waals surface area contributed by atoms with Crippen molar-refractivity contribution in [1.29, 1.82) is 0 Å². The van der Waals surface area contributed by atoms with E-state index < -0.39 is 63.6 Å². The summed E-state index contributed by atoms with van der Waals surface area (Å²) >= 11 is 0. The molecule has 36 heavy (non-hydrogen) atoms. The summed E-state index contributed by atoms with van der Waals surface area (Å²) < 4.78 is 22.9. The lowest BCUT2D eigenvalue weighted by atomic mass is 9.45. The van der Waals surface area contributed by atoms with Gasteiger partial charge >= 0.3 is 11.9 Å². The molecule has 2 N–H and O–H groups in total. The summed E-state index contributed by atoms with van der Waals surface area (Å²) in [7, 11) is 1.31. The molecule has 1 aromatic rings. The third kappa shape index (κ3) is 2.64. The van der Waals surface area contributed by atoms with Crippen LogP contribution in [0.25, 0.3) is 0 Å². The van der Waals surface area contributed by atoms with Crippen LogP contribution in [0.2, 0.25) is 0 Å². The minimum Gasteiger partial charge on any atom is -0.472 e. The van der Waals surface area contributed by atoms with Gasteiger partial charge in [-0.25, -0.2) is 0 Å². The first-order valence-corrected chi connectivity index (χ1v) is 12.8. The number of ether oxygens (including phenoxy) is 3. The Bertz CT molecular complexity index is 1130. The van der Waals surface area contributed by atoms with E-state index in [2.05, 4.69) is 0 Å². The van der Waals surface area contributed by atoms with Gasteiger partial charge in [-0.3, -0.25) is 14.4 Å². The Labute approximate surface area is 209 Å². The molecule has 3 saturated carbocycles. The van der Waals surface area contributed by atoms with Crippen LogP contribution < -0.4 is 0 Å². The third-order valence-electron chi connectivity index (χ3n) is 11.1. The molecule has 1 spiro atoms. The normalized spacial score (nSPS) is 51.2. The van der Waals surface area contributed by atoms with Crippen molar-refractivity contribution in [2.75, 3.05) is 7.11 Å². The number of ketones is 1. The van der Waals surface area contributed by atoms with E-state index in [-0.39, 0.29) is 37.4 Å². The van der Waals surface area contributed by atoms with Crippen molar-refractivity contribution >= 4 is 17.7 Å². The summed E-state index contributed by atoms with van der Waals surface area (Å²) in [6.45, 7) is 5.74. The van der Waals surface area contributed by atoms with Crippen molar-refractivity contribution < 1.29 is 43.2 Å². The summed E-state index contributed by atoms with van der Waals surface area (Å²) in [6.07, 6.45) is 2.30. The van der Waals surface area contributed by atoms with Crippen LogP contribution in [-0.2, 0) is 28.6 Å². The van der Waals surface area contributed by atoms with Gasteiger partial charge in [0, 0.05) is 47.0 Å². The van der Waals surface area contributed by atoms with E-state index in [1.54, 1.807) is 19.3 Å². The van der Waals surface area contributed by atoms with E-state index in [0.717, 1.165) is 5.56 Å². The van der Waals surface area contributed by atoms with Gasteiger partial charge in [0.15, 0.2) is 11.6 Å². The summed E-state index contributed by atoms with van der Waals surface area (Å²) in [5.74, 6) is -4.24. The lowest BCUT2D eigenvalue weighted by Gasteiger charge is -2.61. The molecule has 6 fully saturated rings. The Kier molecular flexibility index (Phi) is 4.83. The van der Waals surface area contributed by atoms with E-state index in [1.807, 2.05) is 13.8 Å². The molecule has 4 heterocycles. The molecule has 4 bridgehead atoms. The number of rotatable bonds is 3. The third-order valence-corrected chi connectivity index (χ3v) is 11.1. The number of aliphatic hydroxyl groups is 2. The number of furan rings is 1. The number of cyclic esters (lactones) is 1. The van der Waals surface area contributed by atoms with E-state index in [9.17, 15) is 24.6 Å². The topological polar surface area (TPSA) is 133 Å². The van der Waals surface area contributed by atoms with E-state index in [4.69, 9.17) is 18.6 Å². The van der Waals surface area contributed by atoms with Crippen LogP contribution in [0.4, 0.5) is 0 Å². The van der Waals surface area contributed by atoms with Crippen molar-refractivity contribution in [2.24, 2.45) is 34.0 Å². The largest absolute Gasteiger partial charge is 0.472 e. The maximum atomic E-state index is 13.7. The molecule has 1 aromatic heterocycles. The molecule has 6 aliphatic rings. The van der Waals surface area contributed by atoms with Crippen LogP contribution in [0.15, 0.2) is 23.0 Å². The number of Topliss-reactive ketones (excluding diaryl/α,β-unsaturated/α-hetero) is 1. The molecule has 0 amide bonds. The lowest BCUT2D eigenvalue weighted by Crippen LogP contribution is -2.64. The molecular formula is C27H34O9. The van der Waals surface area contributed by atoms with Gasteiger partial charge in [-0.1, -0.05) is 20.8 Å². The minimum atomic E-state index is -1.68. The molecule has 10 atom stereocenters. The molecule has 196 valence electrons. The highest BCUT2D eigenvalue weighted by molar-refractivity contribution is 5.86. The quantitative estimate of drug-likeness (QED) is 0.599. The molecule has 9 nitrogen and oxygen atoms in total. The first kappa shape index (κ1) is 24.1. The first-order valence-electron chi connectivity index (χ1n) is 12.8. The Balaban J connectivity index is 1.54. The second kappa shape index (κ2) is 7.20. The Morgan fingerprint density at radius 1 is 1.19 bits per heavy atom. The van der Waals surface area contributed by atoms with Gasteiger partial charge in [0.2, 0.25) is 0 Å². The molecule has 9 heteroatoms. The van der Waals surface area contributed by atoms with Gasteiger partial charge in [-0.2, -0.15) is 0 Å². The van der Waals surface area contributed by atoms with Crippen LogP contribution in [-0.4, -0.2) is 52.5 Å². The van der Waals surface area contributed by atoms with Crippen LogP contribution >= 0.6 is 0 Å². The zero-order chi connectivity index (χ0) is 25.9. The molecular weight excluding hydrogens is 468 g/mol. The number of esters is 2. The fraction of sp³-hybridized carbons (Fsp3) is 0.741. The van der Waals surface area contributed by atoms with Crippen LogP contribution in [0.1, 0.15) is 71.0 Å². The van der Waals surface area contributed by atoms with Crippen molar-refractivity contribution in [1.82, 2.24) is 0 Å². The number of fused-ring (bicyclic) bond motifs is 3. The van der Waals surface area contributed by atoms with E-state index in [0.29, 0.717) is 12.8 Å². The van der Waals surface area contributed by atoms with E-state index in [1.165, 1.54) is 13.4 Å². The van der Waals surface area contributed by atoms with Crippen LogP contribution in [0, 0.1) is 34.0 Å². The second-order valence-corrected chi connectivity index (χ2v) is 12.5. The number of methoxy groups -OCH3 is 1. The summed E-state index contributed by atoms with van der Waals surface area (Å²) in [5, 5.41) is 23.6. The van der Waals surface area contributed by atoms with Crippen molar-refractivity contribution in [3.05, 3.63) is 24.2 Å². The van der Waals surface area contributed by atoms with Gasteiger partial charge in [-0.15, -0.1) is 0 Å². The Morgan fingerprint density at radius 2 is 1.94 bits per heavy atom. The fourth-order valence-electron chi connectivity index (χ4n) is 9.46. The minimum absolute atomic E-state index is 0.0162. The molecule has 0 unspecified atom stereocenters. The zero-order valence-corrected chi connectivity index (χ0v) is 21.1. The second-order valence-electron chi connectivity index (χ2n) is 12.5. The summed E-state index contributed by atoms with van der Waals surface area (Å²) in [5.41, 5.74) is -3.04. The lowest BCUT2D eigenvalue weighted by molar-refractivity contribution is -0.288. The van der Waals surface area contributed by atoms with Gasteiger partial charge in [-0.05, 0) is 30.7 Å². The molecule has 0 radical (unpaired) electrons. The van der Waals surface area contributed by atoms with Gasteiger partial charge in [0.05, 0.1) is 31.7 Å². The maximum absolute atomic E-state index is 13.7. The average Bonchev–Trinajstić information content (AvgIpc) is 3.45. The SMILES string of the molecule is COC(=O)C[C@H]1[C@@]2(C)C[C@]3(O)O[C@@]4(CC(=O)[C@@H]2O)[C@@H]2CC(=O)O[C@H](c5ccoc5)[C@]2(C)CC[C@@H]4[C@]13C. The van der Waals surface area contributed by atoms with Crippen LogP contribution in [0.5, 0.6) is 0 Å². The van der Waals surface area contributed by atoms with Crippen molar-refractivity contribution in [3.63, 3.8) is 0 Å². The molecule has 7 rings (SSSR count). The standard InChI is InChI=1S/C27H34O9/c1-23-7-5-16-25(3)17(9-19(29)33-4)24(2)13-27(25,32)36-26(16,11-15(28)21(24)31)18(23)10-20(30)35-22(23)14-6-8-34-12-14/h6,8,12,16-18,21-22,31-32H,5,7,9-11,13H2,1-4H3/t16-,17+,18-,21+,22-,23-,24-,25-,26-,27+/m1/s1. The van der Waals surface area contributed by atoms with E-state index >= 15 is 0 Å². The number of aliphatic hydroxyl groups excluding tert-OH is 1. The number of carbonyl (C=O) groups is 3. The average molecular weight is 503 g/mol.